The van der Waals surface area contributed by atoms with Gasteiger partial charge in [-0.15, -0.1) is 0 Å². The molecule has 4 N–H and O–H groups in total. The Morgan fingerprint density at radius 1 is 1.05 bits per heavy atom. The van der Waals surface area contributed by atoms with Gasteiger partial charge in [0.15, 0.2) is 0 Å². The van der Waals surface area contributed by atoms with Crippen LogP contribution >= 0.6 is 0 Å². The van der Waals surface area contributed by atoms with Crippen LogP contribution in [-0.4, -0.2) is 58.3 Å². The lowest BCUT2D eigenvalue weighted by Crippen LogP contribution is -2.63. The van der Waals surface area contributed by atoms with Crippen molar-refractivity contribution in [3.63, 3.8) is 0 Å². The quantitative estimate of drug-likeness (QED) is 0.470. The molecule has 0 saturated carbocycles. The fourth-order valence-corrected chi connectivity index (χ4v) is 2.98. The predicted octanol–water partition coefficient (Wildman–Crippen LogP) is 0.723. The number of amides is 1. The highest BCUT2D eigenvalue weighted by molar-refractivity contribution is 5.73. The third-order valence-electron chi connectivity index (χ3n) is 4.24. The standard InChI is InChI=1S/C16H31NO5/c1-3-4-5-6-7-8-9-12-14(17-11(2)19)16(21)15(20)13(10-18)22-12/h12-16,18,20-21H,3-10H2,1-2H3,(H,17,19)/t12-,13+,14+,15+,16+/m0/s1. The van der Waals surface area contributed by atoms with Gasteiger partial charge in [-0.05, 0) is 6.42 Å². The molecule has 0 aromatic heterocycles. The fraction of sp³-hybridized carbons (Fsp3) is 0.938. The molecular formula is C16H31NO5. The number of hydrogen-bond donors (Lipinski definition) is 4. The monoisotopic (exact) mass is 317 g/mol. The molecule has 0 bridgehead atoms. The van der Waals surface area contributed by atoms with Crippen LogP contribution < -0.4 is 5.32 Å². The van der Waals surface area contributed by atoms with Crippen molar-refractivity contribution < 1.29 is 24.9 Å². The van der Waals surface area contributed by atoms with Crippen molar-refractivity contribution in [1.82, 2.24) is 5.32 Å². The smallest absolute Gasteiger partial charge is 0.217 e. The average molecular weight is 317 g/mol. The third-order valence-corrected chi connectivity index (χ3v) is 4.24. The normalized spacial score (nSPS) is 32.0. The Kier molecular flexibility index (Phi) is 8.93. The van der Waals surface area contributed by atoms with Crippen LogP contribution in [0.1, 0.15) is 58.8 Å². The molecule has 1 saturated heterocycles. The number of unbranched alkanes of at least 4 members (excludes halogenated alkanes) is 5. The summed E-state index contributed by atoms with van der Waals surface area (Å²) in [5.41, 5.74) is 0. The van der Waals surface area contributed by atoms with E-state index in [1.54, 1.807) is 0 Å². The number of rotatable bonds is 9. The van der Waals surface area contributed by atoms with E-state index in [0.29, 0.717) is 6.42 Å². The average Bonchev–Trinajstić information content (AvgIpc) is 2.49. The lowest BCUT2D eigenvalue weighted by Gasteiger charge is -2.42. The van der Waals surface area contributed by atoms with Gasteiger partial charge in [0.25, 0.3) is 0 Å². The summed E-state index contributed by atoms with van der Waals surface area (Å²) in [5, 5.41) is 32.0. The first-order valence-electron chi connectivity index (χ1n) is 8.40. The Morgan fingerprint density at radius 3 is 2.27 bits per heavy atom. The predicted molar refractivity (Wildman–Crippen MR) is 83.4 cm³/mol. The molecule has 1 rings (SSSR count). The summed E-state index contributed by atoms with van der Waals surface area (Å²) in [6, 6.07) is -0.633. The summed E-state index contributed by atoms with van der Waals surface area (Å²) in [5.74, 6) is -0.268. The number of aliphatic hydroxyl groups excluding tert-OH is 3. The molecule has 1 heterocycles. The molecule has 5 atom stereocenters. The second-order valence-corrected chi connectivity index (χ2v) is 6.16. The van der Waals surface area contributed by atoms with Crippen LogP contribution in [0, 0.1) is 0 Å². The summed E-state index contributed by atoms with van der Waals surface area (Å²) in [4.78, 5) is 11.3. The minimum absolute atomic E-state index is 0.268. The maximum Gasteiger partial charge on any atom is 0.217 e. The molecule has 0 aromatic rings. The van der Waals surface area contributed by atoms with E-state index in [-0.39, 0.29) is 18.6 Å². The van der Waals surface area contributed by atoms with Crippen LogP contribution in [-0.2, 0) is 9.53 Å². The van der Waals surface area contributed by atoms with Gasteiger partial charge in [0, 0.05) is 6.92 Å². The van der Waals surface area contributed by atoms with Crippen LogP contribution in [0.5, 0.6) is 0 Å². The van der Waals surface area contributed by atoms with E-state index in [9.17, 15) is 20.1 Å². The van der Waals surface area contributed by atoms with Crippen molar-refractivity contribution in [3.8, 4) is 0 Å². The van der Waals surface area contributed by atoms with Crippen LogP contribution in [0.25, 0.3) is 0 Å². The molecule has 0 spiro atoms. The Morgan fingerprint density at radius 2 is 1.68 bits per heavy atom. The molecule has 22 heavy (non-hydrogen) atoms. The van der Waals surface area contributed by atoms with Crippen molar-refractivity contribution in [2.45, 2.75) is 89.3 Å². The number of carbonyl (C=O) groups is 1. The molecule has 1 amide bonds. The van der Waals surface area contributed by atoms with Crippen molar-refractivity contribution in [2.24, 2.45) is 0 Å². The molecule has 0 unspecified atom stereocenters. The molecule has 1 aliphatic rings. The molecule has 1 aliphatic heterocycles. The van der Waals surface area contributed by atoms with Crippen molar-refractivity contribution in [3.05, 3.63) is 0 Å². The molecule has 130 valence electrons. The van der Waals surface area contributed by atoms with Gasteiger partial charge < -0.3 is 25.4 Å². The third kappa shape index (κ3) is 5.83. The van der Waals surface area contributed by atoms with E-state index in [1.807, 2.05) is 0 Å². The highest BCUT2D eigenvalue weighted by atomic mass is 16.5. The van der Waals surface area contributed by atoms with E-state index >= 15 is 0 Å². The Labute approximate surface area is 132 Å². The first kappa shape index (κ1) is 19.4. The molecular weight excluding hydrogens is 286 g/mol. The summed E-state index contributed by atoms with van der Waals surface area (Å²) in [7, 11) is 0. The van der Waals surface area contributed by atoms with Crippen LogP contribution in [0.4, 0.5) is 0 Å². The van der Waals surface area contributed by atoms with Gasteiger partial charge in [-0.2, -0.15) is 0 Å². The lowest BCUT2D eigenvalue weighted by atomic mass is 9.90. The zero-order chi connectivity index (χ0) is 16.5. The van der Waals surface area contributed by atoms with E-state index in [1.165, 1.54) is 32.6 Å². The Hall–Kier alpha value is -0.690. The zero-order valence-electron chi connectivity index (χ0n) is 13.7. The van der Waals surface area contributed by atoms with E-state index in [2.05, 4.69) is 12.2 Å². The van der Waals surface area contributed by atoms with Crippen LogP contribution in [0.2, 0.25) is 0 Å². The summed E-state index contributed by atoms with van der Waals surface area (Å²) < 4.78 is 5.68. The van der Waals surface area contributed by atoms with Crippen molar-refractivity contribution in [1.29, 1.82) is 0 Å². The largest absolute Gasteiger partial charge is 0.394 e. The molecule has 0 radical (unpaired) electrons. The summed E-state index contributed by atoms with van der Waals surface area (Å²) >= 11 is 0. The van der Waals surface area contributed by atoms with Gasteiger partial charge >= 0.3 is 0 Å². The minimum Gasteiger partial charge on any atom is -0.394 e. The van der Waals surface area contributed by atoms with Gasteiger partial charge in [0.1, 0.15) is 18.3 Å². The fourth-order valence-electron chi connectivity index (χ4n) is 2.98. The van der Waals surface area contributed by atoms with E-state index < -0.39 is 24.4 Å². The van der Waals surface area contributed by atoms with Gasteiger partial charge in [0.05, 0.1) is 18.8 Å². The van der Waals surface area contributed by atoms with Crippen LogP contribution in [0.3, 0.4) is 0 Å². The second kappa shape index (κ2) is 10.2. The molecule has 6 nitrogen and oxygen atoms in total. The SMILES string of the molecule is CCCCCCCC[C@@H]1O[C@H](CO)[C@@H](O)[C@H](O)[C@@H]1NC(C)=O. The van der Waals surface area contributed by atoms with Gasteiger partial charge in [0.2, 0.25) is 5.91 Å². The Bertz CT molecular complexity index is 326. The number of hydrogen-bond acceptors (Lipinski definition) is 5. The van der Waals surface area contributed by atoms with E-state index in [4.69, 9.17) is 4.74 Å². The first-order valence-corrected chi connectivity index (χ1v) is 8.40. The maximum absolute atomic E-state index is 11.3. The second-order valence-electron chi connectivity index (χ2n) is 6.16. The van der Waals surface area contributed by atoms with Crippen LogP contribution in [0.15, 0.2) is 0 Å². The number of nitrogens with one attached hydrogen (secondary N) is 1. The number of aliphatic hydroxyl groups is 3. The molecule has 0 aliphatic carbocycles. The highest BCUT2D eigenvalue weighted by Gasteiger charge is 2.44. The first-order chi connectivity index (χ1) is 10.5. The lowest BCUT2D eigenvalue weighted by molar-refractivity contribution is -0.196. The van der Waals surface area contributed by atoms with Crippen molar-refractivity contribution >= 4 is 5.91 Å². The summed E-state index contributed by atoms with van der Waals surface area (Å²) in [6.07, 6.45) is 4.04. The number of carbonyl (C=O) groups excluding carboxylic acids is 1. The Balaban J connectivity index is 2.52. The maximum atomic E-state index is 11.3. The zero-order valence-corrected chi connectivity index (χ0v) is 13.7. The molecule has 6 heteroatoms. The molecule has 1 fully saturated rings. The van der Waals surface area contributed by atoms with Gasteiger partial charge in [-0.25, -0.2) is 0 Å². The van der Waals surface area contributed by atoms with Gasteiger partial charge in [-0.1, -0.05) is 45.4 Å². The van der Waals surface area contributed by atoms with E-state index in [0.717, 1.165) is 12.8 Å². The minimum atomic E-state index is -1.19. The number of ether oxygens (including phenoxy) is 1. The van der Waals surface area contributed by atoms with Crippen molar-refractivity contribution in [2.75, 3.05) is 6.61 Å². The summed E-state index contributed by atoms with van der Waals surface area (Å²) in [6.45, 7) is 3.20. The topological polar surface area (TPSA) is 99.0 Å². The highest BCUT2D eigenvalue weighted by Crippen LogP contribution is 2.25. The van der Waals surface area contributed by atoms with Gasteiger partial charge in [-0.3, -0.25) is 4.79 Å². The molecule has 0 aromatic carbocycles.